The molecule has 6 nitrogen and oxygen atoms in total. The molecule has 0 aliphatic carbocycles. The summed E-state index contributed by atoms with van der Waals surface area (Å²) < 4.78 is 42.5. The number of pyridine rings is 1. The van der Waals surface area contributed by atoms with Crippen molar-refractivity contribution in [1.82, 2.24) is 14.9 Å². The predicted molar refractivity (Wildman–Crippen MR) is 163 cm³/mol. The Bertz CT molecular complexity index is 1650. The molecule has 0 radical (unpaired) electrons. The normalized spacial score (nSPS) is 17.1. The molecule has 1 amide bonds. The second kappa shape index (κ2) is 11.2. The number of anilines is 2. The highest BCUT2D eigenvalue weighted by Crippen LogP contribution is 2.44. The SMILES string of the molecule is Cc1cc(N2C(=S)N[C@@H](c3ccccn3)[C@@H]2c2cc(C)n(-c3cccc(C(F)(F)F)c3)c2C)ccc1NC(=O)C(C)C. The molecule has 10 heteroatoms. The zero-order valence-corrected chi connectivity index (χ0v) is 24.8. The molecule has 1 aliphatic rings. The molecule has 2 aromatic carbocycles. The summed E-state index contributed by atoms with van der Waals surface area (Å²) in [6.45, 7) is 9.40. The standard InChI is InChI=1S/C32H32F3N5OS/c1-18(2)30(41)37-26-13-12-24(15-19(26)3)40-29(28(38-31(40)42)27-11-6-7-14-36-27)25-16-20(4)39(21(25)5)23-10-8-9-22(17-23)32(33,34)35/h6-18,28-29H,1-5H3,(H,37,41)(H,38,42)/t28-,29-/m0/s1. The van der Waals surface area contributed by atoms with Gasteiger partial charge in [0.2, 0.25) is 5.91 Å². The zero-order chi connectivity index (χ0) is 30.3. The molecule has 4 aromatic rings. The third-order valence-corrected chi connectivity index (χ3v) is 7.90. The molecule has 3 heterocycles. The first kappa shape index (κ1) is 29.3. The van der Waals surface area contributed by atoms with Gasteiger partial charge in [0.05, 0.1) is 23.3 Å². The molecule has 0 unspecified atom stereocenters. The molecule has 5 rings (SSSR count). The molecule has 0 saturated carbocycles. The van der Waals surface area contributed by atoms with Crippen molar-refractivity contribution < 1.29 is 18.0 Å². The fourth-order valence-electron chi connectivity index (χ4n) is 5.47. The number of aryl methyl sites for hydroxylation is 2. The summed E-state index contributed by atoms with van der Waals surface area (Å²) in [5.74, 6) is -0.227. The van der Waals surface area contributed by atoms with Crippen molar-refractivity contribution >= 4 is 34.6 Å². The Balaban J connectivity index is 1.62. The molecular weight excluding hydrogens is 559 g/mol. The minimum Gasteiger partial charge on any atom is -0.351 e. The van der Waals surface area contributed by atoms with Gasteiger partial charge < -0.3 is 20.1 Å². The van der Waals surface area contributed by atoms with Gasteiger partial charge in [-0.3, -0.25) is 9.78 Å². The smallest absolute Gasteiger partial charge is 0.351 e. The number of amides is 1. The molecule has 218 valence electrons. The summed E-state index contributed by atoms with van der Waals surface area (Å²) in [5, 5.41) is 6.91. The van der Waals surface area contributed by atoms with Crippen molar-refractivity contribution in [2.24, 2.45) is 5.92 Å². The number of nitrogens with one attached hydrogen (secondary N) is 2. The van der Waals surface area contributed by atoms with Crippen LogP contribution in [0.15, 0.2) is 72.9 Å². The third kappa shape index (κ3) is 5.51. The van der Waals surface area contributed by atoms with Gasteiger partial charge in [0, 0.05) is 40.6 Å². The Hall–Kier alpha value is -4.18. The maximum atomic E-state index is 13.6. The summed E-state index contributed by atoms with van der Waals surface area (Å²) >= 11 is 5.88. The van der Waals surface area contributed by atoms with Gasteiger partial charge in [-0.2, -0.15) is 13.2 Å². The Kier molecular flexibility index (Phi) is 7.85. The van der Waals surface area contributed by atoms with Crippen molar-refractivity contribution in [3.63, 3.8) is 0 Å². The first-order chi connectivity index (χ1) is 19.9. The van der Waals surface area contributed by atoms with E-state index in [0.717, 1.165) is 45.6 Å². The lowest BCUT2D eigenvalue weighted by molar-refractivity contribution is -0.137. The second-order valence-electron chi connectivity index (χ2n) is 10.8. The fraction of sp³-hybridized carbons (Fsp3) is 0.281. The molecule has 2 aromatic heterocycles. The van der Waals surface area contributed by atoms with Gasteiger partial charge >= 0.3 is 6.18 Å². The molecule has 2 N–H and O–H groups in total. The number of carbonyl (C=O) groups excluding carboxylic acids is 1. The minimum atomic E-state index is -4.45. The average molecular weight is 592 g/mol. The predicted octanol–water partition coefficient (Wildman–Crippen LogP) is 7.59. The maximum absolute atomic E-state index is 13.6. The van der Waals surface area contributed by atoms with E-state index in [9.17, 15) is 18.0 Å². The average Bonchev–Trinajstić information content (AvgIpc) is 3.44. The van der Waals surface area contributed by atoms with Crippen molar-refractivity contribution in [3.8, 4) is 5.69 Å². The lowest BCUT2D eigenvalue weighted by atomic mass is 9.96. The summed E-state index contributed by atoms with van der Waals surface area (Å²) in [7, 11) is 0. The molecule has 0 bridgehead atoms. The van der Waals surface area contributed by atoms with Crippen molar-refractivity contribution in [3.05, 3.63) is 107 Å². The highest BCUT2D eigenvalue weighted by Gasteiger charge is 2.42. The van der Waals surface area contributed by atoms with E-state index in [1.54, 1.807) is 12.3 Å². The summed E-state index contributed by atoms with van der Waals surface area (Å²) in [4.78, 5) is 19.0. The number of benzene rings is 2. The lowest BCUT2D eigenvalue weighted by Crippen LogP contribution is -2.29. The molecule has 42 heavy (non-hydrogen) atoms. The molecule has 1 aliphatic heterocycles. The number of aromatic nitrogens is 2. The highest BCUT2D eigenvalue weighted by molar-refractivity contribution is 7.80. The minimum absolute atomic E-state index is 0.0701. The van der Waals surface area contributed by atoms with Crippen molar-refractivity contribution in [1.29, 1.82) is 0 Å². The van der Waals surface area contributed by atoms with Crippen LogP contribution in [0.1, 0.15) is 59.7 Å². The number of thiocarbonyl (C=S) groups is 1. The number of halogens is 3. The van der Waals surface area contributed by atoms with E-state index >= 15 is 0 Å². The molecular formula is C32H32F3N5OS. The lowest BCUT2D eigenvalue weighted by Gasteiger charge is -2.29. The van der Waals surface area contributed by atoms with Crippen LogP contribution in [0, 0.1) is 26.7 Å². The number of alkyl halides is 3. The van der Waals surface area contributed by atoms with E-state index in [-0.39, 0.29) is 23.9 Å². The van der Waals surface area contributed by atoms with Gasteiger partial charge in [-0.05, 0) is 98.7 Å². The van der Waals surface area contributed by atoms with Crippen LogP contribution >= 0.6 is 12.2 Å². The second-order valence-corrected chi connectivity index (χ2v) is 11.2. The Morgan fingerprint density at radius 3 is 2.40 bits per heavy atom. The van der Waals surface area contributed by atoms with Crippen LogP contribution in [-0.4, -0.2) is 20.6 Å². The summed E-state index contributed by atoms with van der Waals surface area (Å²) in [6.07, 6.45) is -2.73. The van der Waals surface area contributed by atoms with E-state index in [0.29, 0.717) is 10.8 Å². The molecule has 2 atom stereocenters. The highest BCUT2D eigenvalue weighted by atomic mass is 32.1. The van der Waals surface area contributed by atoms with Crippen molar-refractivity contribution in [2.45, 2.75) is 52.9 Å². The van der Waals surface area contributed by atoms with Gasteiger partial charge in [-0.25, -0.2) is 0 Å². The maximum Gasteiger partial charge on any atom is 0.416 e. The van der Waals surface area contributed by atoms with Gasteiger partial charge in [0.1, 0.15) is 0 Å². The van der Waals surface area contributed by atoms with Gasteiger partial charge in [-0.1, -0.05) is 26.0 Å². The summed E-state index contributed by atoms with van der Waals surface area (Å²) in [6, 6.07) is 18.1. The first-order valence-corrected chi connectivity index (χ1v) is 14.1. The molecule has 1 fully saturated rings. The van der Waals surface area contributed by atoms with Crippen LogP contribution in [-0.2, 0) is 11.0 Å². The Labute approximate surface area is 248 Å². The third-order valence-electron chi connectivity index (χ3n) is 7.59. The quantitative estimate of drug-likeness (QED) is 0.226. The molecule has 0 spiro atoms. The van der Waals surface area contributed by atoms with Gasteiger partial charge in [-0.15, -0.1) is 0 Å². The number of rotatable bonds is 6. The Morgan fingerprint density at radius 2 is 1.76 bits per heavy atom. The van der Waals surface area contributed by atoms with Crippen LogP contribution in [0.25, 0.3) is 5.69 Å². The van der Waals surface area contributed by atoms with E-state index < -0.39 is 11.7 Å². The van der Waals surface area contributed by atoms with E-state index in [1.165, 1.54) is 12.1 Å². The van der Waals surface area contributed by atoms with Gasteiger partial charge in [0.25, 0.3) is 0 Å². The topological polar surface area (TPSA) is 62.2 Å². The number of hydrogen-bond acceptors (Lipinski definition) is 3. The van der Waals surface area contributed by atoms with Crippen LogP contribution in [0.2, 0.25) is 0 Å². The number of carbonyl (C=O) groups is 1. The summed E-state index contributed by atoms with van der Waals surface area (Å²) in [5.41, 5.74) is 5.42. The number of hydrogen-bond donors (Lipinski definition) is 2. The monoisotopic (exact) mass is 591 g/mol. The van der Waals surface area contributed by atoms with Gasteiger partial charge in [0.15, 0.2) is 5.11 Å². The van der Waals surface area contributed by atoms with Crippen LogP contribution in [0.4, 0.5) is 24.5 Å². The Morgan fingerprint density at radius 1 is 1.00 bits per heavy atom. The van der Waals surface area contributed by atoms with E-state index in [4.69, 9.17) is 12.2 Å². The largest absolute Gasteiger partial charge is 0.416 e. The fourth-order valence-corrected chi connectivity index (χ4v) is 5.82. The van der Waals surface area contributed by atoms with Crippen molar-refractivity contribution in [2.75, 3.05) is 10.2 Å². The van der Waals surface area contributed by atoms with Crippen LogP contribution < -0.4 is 15.5 Å². The zero-order valence-electron chi connectivity index (χ0n) is 24.0. The number of nitrogens with zero attached hydrogens (tertiary/aromatic N) is 3. The van der Waals surface area contributed by atoms with Crippen LogP contribution in [0.5, 0.6) is 0 Å². The molecule has 1 saturated heterocycles. The van der Waals surface area contributed by atoms with Crippen LogP contribution in [0.3, 0.4) is 0 Å². The van der Waals surface area contributed by atoms with E-state index in [2.05, 4.69) is 15.6 Å². The first-order valence-electron chi connectivity index (χ1n) is 13.7. The van der Waals surface area contributed by atoms with E-state index in [1.807, 2.05) is 86.6 Å².